The van der Waals surface area contributed by atoms with Crippen LogP contribution >= 0.6 is 0 Å². The van der Waals surface area contributed by atoms with Crippen LogP contribution in [0.1, 0.15) is 16.8 Å². The molecular weight excluding hydrogens is 227 g/mol. The molecule has 0 aliphatic carbocycles. The van der Waals surface area contributed by atoms with Crippen LogP contribution in [0.15, 0.2) is 18.2 Å². The van der Waals surface area contributed by atoms with Crippen LogP contribution in [0.4, 0.5) is 10.1 Å². The maximum atomic E-state index is 13.0. The van der Waals surface area contributed by atoms with Gasteiger partial charge in [0.05, 0.1) is 11.3 Å². The molecule has 5 nitrogen and oxygen atoms in total. The normalized spacial score (nSPS) is 10.0. The summed E-state index contributed by atoms with van der Waals surface area (Å²) in [5.41, 5.74) is -0.164. The molecule has 0 radical (unpaired) electrons. The van der Waals surface area contributed by atoms with E-state index < -0.39 is 11.8 Å². The number of benzene rings is 1. The summed E-state index contributed by atoms with van der Waals surface area (Å²) in [6, 6.07) is 3.14. The first-order valence-electron chi connectivity index (χ1n) is 5.02. The molecular formula is C11H13FN2O3. The Hall–Kier alpha value is -1.95. The van der Waals surface area contributed by atoms with E-state index in [1.807, 2.05) is 0 Å². The highest BCUT2D eigenvalue weighted by Crippen LogP contribution is 2.17. The molecule has 0 fully saturated rings. The SMILES string of the molecule is CNCCC(=O)Nc1cc(F)ccc1C(=O)O. The highest BCUT2D eigenvalue weighted by Gasteiger charge is 2.13. The lowest BCUT2D eigenvalue weighted by molar-refractivity contribution is -0.116. The van der Waals surface area contributed by atoms with E-state index in [1.54, 1.807) is 7.05 Å². The number of aromatic carboxylic acids is 1. The zero-order chi connectivity index (χ0) is 12.8. The van der Waals surface area contributed by atoms with Crippen molar-refractivity contribution in [2.45, 2.75) is 6.42 Å². The van der Waals surface area contributed by atoms with Crippen molar-refractivity contribution in [3.63, 3.8) is 0 Å². The minimum absolute atomic E-state index is 0.0291. The monoisotopic (exact) mass is 240 g/mol. The first-order chi connectivity index (χ1) is 8.04. The van der Waals surface area contributed by atoms with Crippen molar-refractivity contribution in [2.24, 2.45) is 0 Å². The molecule has 17 heavy (non-hydrogen) atoms. The second-order valence-electron chi connectivity index (χ2n) is 3.40. The van der Waals surface area contributed by atoms with Gasteiger partial charge in [-0.1, -0.05) is 0 Å². The van der Waals surface area contributed by atoms with Crippen LogP contribution in [0.2, 0.25) is 0 Å². The number of carboxylic acids is 1. The standard InChI is InChI=1S/C11H13FN2O3/c1-13-5-4-10(15)14-9-6-7(12)2-3-8(9)11(16)17/h2-3,6,13H,4-5H2,1H3,(H,14,15)(H,16,17). The molecule has 1 amide bonds. The molecule has 0 saturated carbocycles. The number of rotatable bonds is 5. The van der Waals surface area contributed by atoms with Crippen LogP contribution in [0.25, 0.3) is 0 Å². The van der Waals surface area contributed by atoms with E-state index in [4.69, 9.17) is 5.11 Å². The minimum atomic E-state index is -1.21. The Morgan fingerprint density at radius 3 is 2.71 bits per heavy atom. The van der Waals surface area contributed by atoms with Crippen molar-refractivity contribution in [1.82, 2.24) is 5.32 Å². The maximum absolute atomic E-state index is 13.0. The molecule has 0 atom stereocenters. The number of halogens is 1. The number of carboxylic acid groups (broad SMARTS) is 1. The summed E-state index contributed by atoms with van der Waals surface area (Å²) in [5, 5.41) is 14.0. The summed E-state index contributed by atoms with van der Waals surface area (Å²) in [5.74, 6) is -2.18. The third-order valence-corrected chi connectivity index (χ3v) is 2.09. The summed E-state index contributed by atoms with van der Waals surface area (Å²) in [4.78, 5) is 22.2. The second-order valence-corrected chi connectivity index (χ2v) is 3.40. The molecule has 1 rings (SSSR count). The molecule has 0 unspecified atom stereocenters. The average molecular weight is 240 g/mol. The Bertz CT molecular complexity index is 435. The Balaban J connectivity index is 2.85. The Morgan fingerprint density at radius 1 is 1.41 bits per heavy atom. The number of hydrogen-bond acceptors (Lipinski definition) is 3. The fraction of sp³-hybridized carbons (Fsp3) is 0.273. The van der Waals surface area contributed by atoms with Crippen molar-refractivity contribution < 1.29 is 19.1 Å². The van der Waals surface area contributed by atoms with Gasteiger partial charge in [-0.25, -0.2) is 9.18 Å². The Labute approximate surface area is 97.6 Å². The first kappa shape index (κ1) is 13.1. The topological polar surface area (TPSA) is 78.4 Å². The van der Waals surface area contributed by atoms with Gasteiger partial charge in [0.1, 0.15) is 5.82 Å². The molecule has 0 heterocycles. The van der Waals surface area contributed by atoms with Crippen LogP contribution in [0.5, 0.6) is 0 Å². The summed E-state index contributed by atoms with van der Waals surface area (Å²) in [6.45, 7) is 0.462. The predicted molar refractivity (Wildman–Crippen MR) is 60.5 cm³/mol. The zero-order valence-electron chi connectivity index (χ0n) is 9.29. The van der Waals surface area contributed by atoms with Crippen molar-refractivity contribution >= 4 is 17.6 Å². The molecule has 6 heteroatoms. The number of carbonyl (C=O) groups excluding carboxylic acids is 1. The van der Waals surface area contributed by atoms with E-state index in [0.717, 1.165) is 18.2 Å². The van der Waals surface area contributed by atoms with Gasteiger partial charge in [-0.05, 0) is 25.2 Å². The van der Waals surface area contributed by atoms with Crippen molar-refractivity contribution in [3.05, 3.63) is 29.6 Å². The number of nitrogens with one attached hydrogen (secondary N) is 2. The smallest absolute Gasteiger partial charge is 0.337 e. The highest BCUT2D eigenvalue weighted by atomic mass is 19.1. The Morgan fingerprint density at radius 2 is 2.12 bits per heavy atom. The molecule has 0 bridgehead atoms. The van der Waals surface area contributed by atoms with Crippen LogP contribution < -0.4 is 10.6 Å². The van der Waals surface area contributed by atoms with E-state index in [9.17, 15) is 14.0 Å². The molecule has 0 saturated heterocycles. The molecule has 0 aliphatic heterocycles. The summed E-state index contributed by atoms with van der Waals surface area (Å²) < 4.78 is 13.0. The summed E-state index contributed by atoms with van der Waals surface area (Å²) >= 11 is 0. The van der Waals surface area contributed by atoms with E-state index in [1.165, 1.54) is 0 Å². The molecule has 0 aliphatic rings. The number of amides is 1. The second kappa shape index (κ2) is 5.95. The number of hydrogen-bond donors (Lipinski definition) is 3. The summed E-state index contributed by atoms with van der Waals surface area (Å²) in [6.07, 6.45) is 0.187. The number of anilines is 1. The lowest BCUT2D eigenvalue weighted by Gasteiger charge is -2.08. The van der Waals surface area contributed by atoms with Crippen LogP contribution in [0, 0.1) is 5.82 Å². The first-order valence-corrected chi connectivity index (χ1v) is 5.02. The van der Waals surface area contributed by atoms with Gasteiger partial charge in [-0.15, -0.1) is 0 Å². The predicted octanol–water partition coefficient (Wildman–Crippen LogP) is 1.07. The van der Waals surface area contributed by atoms with E-state index >= 15 is 0 Å². The van der Waals surface area contributed by atoms with E-state index in [2.05, 4.69) is 10.6 Å². The zero-order valence-corrected chi connectivity index (χ0v) is 9.29. The largest absolute Gasteiger partial charge is 0.478 e. The van der Waals surface area contributed by atoms with Crippen molar-refractivity contribution in [2.75, 3.05) is 18.9 Å². The molecule has 3 N–H and O–H groups in total. The lowest BCUT2D eigenvalue weighted by atomic mass is 10.1. The van der Waals surface area contributed by atoms with Gasteiger partial charge in [0.25, 0.3) is 0 Å². The maximum Gasteiger partial charge on any atom is 0.337 e. The van der Waals surface area contributed by atoms with E-state index in [-0.39, 0.29) is 23.6 Å². The summed E-state index contributed by atoms with van der Waals surface area (Å²) in [7, 11) is 1.69. The van der Waals surface area contributed by atoms with Crippen molar-refractivity contribution in [1.29, 1.82) is 0 Å². The van der Waals surface area contributed by atoms with Gasteiger partial charge in [-0.3, -0.25) is 4.79 Å². The van der Waals surface area contributed by atoms with Crippen LogP contribution in [-0.4, -0.2) is 30.6 Å². The van der Waals surface area contributed by atoms with Crippen LogP contribution in [0.3, 0.4) is 0 Å². The van der Waals surface area contributed by atoms with Gasteiger partial charge < -0.3 is 15.7 Å². The van der Waals surface area contributed by atoms with Crippen LogP contribution in [-0.2, 0) is 4.79 Å². The van der Waals surface area contributed by atoms with Crippen molar-refractivity contribution in [3.8, 4) is 0 Å². The average Bonchev–Trinajstić information content (AvgIpc) is 2.26. The molecule has 0 spiro atoms. The van der Waals surface area contributed by atoms with Gasteiger partial charge in [0, 0.05) is 13.0 Å². The fourth-order valence-corrected chi connectivity index (χ4v) is 1.26. The van der Waals surface area contributed by atoms with Gasteiger partial charge in [0.15, 0.2) is 0 Å². The minimum Gasteiger partial charge on any atom is -0.478 e. The third kappa shape index (κ3) is 3.84. The van der Waals surface area contributed by atoms with Gasteiger partial charge >= 0.3 is 5.97 Å². The van der Waals surface area contributed by atoms with Gasteiger partial charge in [-0.2, -0.15) is 0 Å². The van der Waals surface area contributed by atoms with E-state index in [0.29, 0.717) is 6.54 Å². The lowest BCUT2D eigenvalue weighted by Crippen LogP contribution is -2.20. The Kier molecular flexibility index (Phi) is 4.59. The quantitative estimate of drug-likeness (QED) is 0.719. The number of carbonyl (C=O) groups is 2. The fourth-order valence-electron chi connectivity index (χ4n) is 1.26. The third-order valence-electron chi connectivity index (χ3n) is 2.09. The molecule has 0 aromatic heterocycles. The molecule has 1 aromatic rings. The van der Waals surface area contributed by atoms with Gasteiger partial charge in [0.2, 0.25) is 5.91 Å². The molecule has 1 aromatic carbocycles. The molecule has 92 valence electrons. The highest BCUT2D eigenvalue weighted by molar-refractivity contribution is 6.00.